The predicted molar refractivity (Wildman–Crippen MR) is 41.9 cm³/mol. The molecule has 0 amide bonds. The summed E-state index contributed by atoms with van der Waals surface area (Å²) in [4.78, 5) is 0. The van der Waals surface area contributed by atoms with Crippen molar-refractivity contribution in [1.82, 2.24) is 0 Å². The summed E-state index contributed by atoms with van der Waals surface area (Å²) in [5.41, 5.74) is 1.11. The number of aliphatic hydroxyl groups excluding tert-OH is 1. The molecule has 0 heterocycles. The molecule has 0 aromatic rings. The summed E-state index contributed by atoms with van der Waals surface area (Å²) in [6, 6.07) is 0. The lowest BCUT2D eigenvalue weighted by molar-refractivity contribution is 0.0595. The number of allylic oxidation sites excluding steroid dienone is 1. The Labute approximate surface area is 62.5 Å². The first-order valence-corrected chi connectivity index (χ1v) is 3.48. The lowest BCUT2D eigenvalue weighted by Crippen LogP contribution is -2.13. The third kappa shape index (κ3) is 5.79. The molecule has 0 aliphatic heterocycles. The summed E-state index contributed by atoms with van der Waals surface area (Å²) in [7, 11) is 1.59. The van der Waals surface area contributed by atoms with Gasteiger partial charge in [0.1, 0.15) is 0 Å². The monoisotopic (exact) mass is 144 g/mol. The van der Waals surface area contributed by atoms with Crippen molar-refractivity contribution >= 4 is 0 Å². The molecule has 0 aromatic carbocycles. The molecule has 0 bridgehead atoms. The topological polar surface area (TPSA) is 29.5 Å². The molecule has 0 fully saturated rings. The van der Waals surface area contributed by atoms with E-state index in [2.05, 4.69) is 6.58 Å². The van der Waals surface area contributed by atoms with E-state index in [0.717, 1.165) is 18.4 Å². The molecule has 1 N–H and O–H groups in total. The maximum atomic E-state index is 9.13. The maximum absolute atomic E-state index is 9.13. The molecule has 0 spiro atoms. The lowest BCUT2D eigenvalue weighted by Gasteiger charge is -2.07. The molecule has 0 rings (SSSR count). The second kappa shape index (κ2) is 5.45. The number of rotatable bonds is 5. The van der Waals surface area contributed by atoms with E-state index >= 15 is 0 Å². The molecule has 2 nitrogen and oxygen atoms in total. The predicted octanol–water partition coefficient (Wildman–Crippen LogP) is 1.35. The van der Waals surface area contributed by atoms with E-state index < -0.39 is 0 Å². The maximum Gasteiger partial charge on any atom is 0.0776 e. The van der Waals surface area contributed by atoms with Crippen LogP contribution in [0.5, 0.6) is 0 Å². The fourth-order valence-electron chi connectivity index (χ4n) is 0.689. The minimum atomic E-state index is -0.332. The van der Waals surface area contributed by atoms with Crippen LogP contribution in [0.25, 0.3) is 0 Å². The highest BCUT2D eigenvalue weighted by atomic mass is 16.5. The van der Waals surface area contributed by atoms with Gasteiger partial charge >= 0.3 is 0 Å². The van der Waals surface area contributed by atoms with Gasteiger partial charge in [0.15, 0.2) is 0 Å². The fourth-order valence-corrected chi connectivity index (χ4v) is 0.689. The lowest BCUT2D eigenvalue weighted by atomic mass is 10.1. The van der Waals surface area contributed by atoms with E-state index in [1.807, 2.05) is 6.92 Å². The molecule has 10 heavy (non-hydrogen) atoms. The molecule has 0 saturated carbocycles. The summed E-state index contributed by atoms with van der Waals surface area (Å²) in [5, 5.41) is 9.13. The van der Waals surface area contributed by atoms with Gasteiger partial charge in [0.05, 0.1) is 12.7 Å². The van der Waals surface area contributed by atoms with Gasteiger partial charge in [0.25, 0.3) is 0 Å². The van der Waals surface area contributed by atoms with Crippen molar-refractivity contribution in [2.45, 2.75) is 25.9 Å². The summed E-state index contributed by atoms with van der Waals surface area (Å²) in [6.07, 6.45) is 1.30. The van der Waals surface area contributed by atoms with Crippen LogP contribution in [0.3, 0.4) is 0 Å². The molecule has 0 saturated heterocycles. The van der Waals surface area contributed by atoms with Gasteiger partial charge in [-0.15, -0.1) is 6.58 Å². The number of hydrogen-bond acceptors (Lipinski definition) is 2. The van der Waals surface area contributed by atoms with E-state index in [4.69, 9.17) is 9.84 Å². The quantitative estimate of drug-likeness (QED) is 0.590. The Balaban J connectivity index is 3.21. The third-order valence-electron chi connectivity index (χ3n) is 1.26. The Kier molecular flexibility index (Phi) is 5.26. The average Bonchev–Trinajstić information content (AvgIpc) is 1.85. The average molecular weight is 144 g/mol. The Hall–Kier alpha value is -0.340. The highest BCUT2D eigenvalue weighted by molar-refractivity contribution is 4.88. The minimum absolute atomic E-state index is 0.332. The summed E-state index contributed by atoms with van der Waals surface area (Å²) >= 11 is 0. The van der Waals surface area contributed by atoms with Crippen LogP contribution in [-0.2, 0) is 4.74 Å². The van der Waals surface area contributed by atoms with Crippen molar-refractivity contribution in [2.75, 3.05) is 13.7 Å². The smallest absolute Gasteiger partial charge is 0.0776 e. The van der Waals surface area contributed by atoms with E-state index in [-0.39, 0.29) is 6.10 Å². The number of ether oxygens (including phenoxy) is 1. The molecule has 0 aromatic heterocycles. The third-order valence-corrected chi connectivity index (χ3v) is 1.26. The van der Waals surface area contributed by atoms with Crippen molar-refractivity contribution in [1.29, 1.82) is 0 Å². The van der Waals surface area contributed by atoms with Crippen molar-refractivity contribution in [3.05, 3.63) is 12.2 Å². The molecule has 0 aliphatic carbocycles. The van der Waals surface area contributed by atoms with Crippen LogP contribution in [0.15, 0.2) is 12.2 Å². The normalized spacial score (nSPS) is 13.1. The minimum Gasteiger partial charge on any atom is -0.391 e. The second-order valence-corrected chi connectivity index (χ2v) is 2.60. The van der Waals surface area contributed by atoms with Gasteiger partial charge in [-0.1, -0.05) is 5.57 Å². The molecule has 0 radical (unpaired) electrons. The van der Waals surface area contributed by atoms with E-state index in [9.17, 15) is 0 Å². The van der Waals surface area contributed by atoms with Gasteiger partial charge in [-0.25, -0.2) is 0 Å². The van der Waals surface area contributed by atoms with Crippen LogP contribution in [0.1, 0.15) is 19.8 Å². The van der Waals surface area contributed by atoms with E-state index in [0.29, 0.717) is 6.61 Å². The van der Waals surface area contributed by atoms with Crippen LogP contribution in [-0.4, -0.2) is 24.9 Å². The van der Waals surface area contributed by atoms with Gasteiger partial charge in [0.2, 0.25) is 0 Å². The van der Waals surface area contributed by atoms with Crippen LogP contribution in [0.2, 0.25) is 0 Å². The Morgan fingerprint density at radius 2 is 2.30 bits per heavy atom. The molecule has 1 atom stereocenters. The van der Waals surface area contributed by atoms with Crippen molar-refractivity contribution in [3.8, 4) is 0 Å². The Bertz CT molecular complexity index is 99.4. The van der Waals surface area contributed by atoms with Gasteiger partial charge < -0.3 is 9.84 Å². The van der Waals surface area contributed by atoms with E-state index in [1.54, 1.807) is 7.11 Å². The van der Waals surface area contributed by atoms with Crippen LogP contribution < -0.4 is 0 Å². The second-order valence-electron chi connectivity index (χ2n) is 2.60. The number of aliphatic hydroxyl groups is 1. The molecular formula is C8H16O2. The standard InChI is InChI=1S/C8H16O2/c1-7(2)4-5-8(9)6-10-3/h8-9H,1,4-6H2,2-3H3. The van der Waals surface area contributed by atoms with Gasteiger partial charge in [0, 0.05) is 7.11 Å². The van der Waals surface area contributed by atoms with Crippen molar-refractivity contribution in [2.24, 2.45) is 0 Å². The van der Waals surface area contributed by atoms with Crippen molar-refractivity contribution < 1.29 is 9.84 Å². The summed E-state index contributed by atoms with van der Waals surface area (Å²) < 4.78 is 4.76. The molecule has 0 aliphatic rings. The zero-order chi connectivity index (χ0) is 7.98. The van der Waals surface area contributed by atoms with Gasteiger partial charge in [-0.3, -0.25) is 0 Å². The van der Waals surface area contributed by atoms with Crippen LogP contribution in [0.4, 0.5) is 0 Å². The van der Waals surface area contributed by atoms with E-state index in [1.165, 1.54) is 0 Å². The Morgan fingerprint density at radius 3 is 2.70 bits per heavy atom. The SMILES string of the molecule is C=C(C)CCC(O)COC. The number of hydrogen-bond donors (Lipinski definition) is 1. The van der Waals surface area contributed by atoms with Crippen LogP contribution in [0, 0.1) is 0 Å². The molecule has 60 valence electrons. The van der Waals surface area contributed by atoms with Gasteiger partial charge in [-0.05, 0) is 19.8 Å². The first-order chi connectivity index (χ1) is 4.66. The summed E-state index contributed by atoms with van der Waals surface area (Å²) in [6.45, 7) is 6.12. The first kappa shape index (κ1) is 9.66. The zero-order valence-electron chi connectivity index (χ0n) is 6.76. The van der Waals surface area contributed by atoms with Gasteiger partial charge in [-0.2, -0.15) is 0 Å². The fraction of sp³-hybridized carbons (Fsp3) is 0.750. The largest absolute Gasteiger partial charge is 0.391 e. The van der Waals surface area contributed by atoms with Crippen LogP contribution >= 0.6 is 0 Å². The molecular weight excluding hydrogens is 128 g/mol. The molecule has 2 heteroatoms. The highest BCUT2D eigenvalue weighted by Crippen LogP contribution is 2.03. The molecule has 1 unspecified atom stereocenters. The first-order valence-electron chi connectivity index (χ1n) is 3.48. The van der Waals surface area contributed by atoms with Crippen molar-refractivity contribution in [3.63, 3.8) is 0 Å². The zero-order valence-corrected chi connectivity index (χ0v) is 6.76. The highest BCUT2D eigenvalue weighted by Gasteiger charge is 2.01. The number of methoxy groups -OCH3 is 1. The Morgan fingerprint density at radius 1 is 1.70 bits per heavy atom. The summed E-state index contributed by atoms with van der Waals surface area (Å²) in [5.74, 6) is 0.